The number of hydrogen-bond donors (Lipinski definition) is 0. The molecule has 0 radical (unpaired) electrons. The highest BCUT2D eigenvalue weighted by Gasteiger charge is 2.42. The number of aromatic nitrogens is 1. The fourth-order valence-corrected chi connectivity index (χ4v) is 12.3. The SMILES string of the molecule is [C-]#[N+]c1cc([Si](c2ccccc2)(c2ccccc2)c2ccccc2)cc(C#N)c1-c1ccc(-n2c3ccccc3c3cc(C#N)ccc32)cc1. The van der Waals surface area contributed by atoms with E-state index in [2.05, 4.69) is 106 Å². The van der Waals surface area contributed by atoms with Crippen molar-refractivity contribution in [2.24, 2.45) is 0 Å². The van der Waals surface area contributed by atoms with Gasteiger partial charge in [-0.15, -0.1) is 0 Å². The number of nitriles is 2. The van der Waals surface area contributed by atoms with E-state index in [1.807, 2.05) is 84.9 Å². The Labute approximate surface area is 291 Å². The molecule has 232 valence electrons. The van der Waals surface area contributed by atoms with Gasteiger partial charge in [-0.3, -0.25) is 0 Å². The van der Waals surface area contributed by atoms with Crippen LogP contribution < -0.4 is 20.7 Å². The van der Waals surface area contributed by atoms with Crippen LogP contribution in [0.4, 0.5) is 5.69 Å². The summed E-state index contributed by atoms with van der Waals surface area (Å²) in [5.74, 6) is 0. The monoisotopic (exact) mass is 652 g/mol. The second-order valence-corrected chi connectivity index (χ2v) is 16.0. The topological polar surface area (TPSA) is 56.9 Å². The summed E-state index contributed by atoms with van der Waals surface area (Å²) in [6.07, 6.45) is 0. The number of nitrogens with zero attached hydrogens (tertiary/aromatic N) is 4. The molecule has 0 bridgehead atoms. The standard InChI is InChI=1S/C45H28N4Si/c1-48-42-29-39(50(36-13-5-2-6-14-36,37-15-7-3-8-16-37)38-17-9-4-10-18-38)28-34(31-47)45(42)33-22-24-35(25-23-33)49-43-20-12-11-19-40(43)41-27-32(30-46)21-26-44(41)49/h2-29H. The van der Waals surface area contributed by atoms with Gasteiger partial charge in [0.05, 0.1) is 35.3 Å². The summed E-state index contributed by atoms with van der Waals surface area (Å²) in [6.45, 7) is 8.39. The van der Waals surface area contributed by atoms with Gasteiger partial charge in [0.15, 0.2) is 13.8 Å². The molecule has 8 aromatic rings. The molecule has 0 saturated heterocycles. The van der Waals surface area contributed by atoms with Crippen LogP contribution >= 0.6 is 0 Å². The Morgan fingerprint density at radius 3 is 1.64 bits per heavy atom. The third-order valence-corrected chi connectivity index (χ3v) is 14.4. The van der Waals surface area contributed by atoms with E-state index in [4.69, 9.17) is 6.57 Å². The first-order valence-corrected chi connectivity index (χ1v) is 18.3. The molecule has 0 amide bonds. The van der Waals surface area contributed by atoms with Crippen LogP contribution in [0.25, 0.3) is 43.5 Å². The third kappa shape index (κ3) is 4.80. The van der Waals surface area contributed by atoms with Crippen molar-refractivity contribution in [3.8, 4) is 29.0 Å². The zero-order valence-corrected chi connectivity index (χ0v) is 28.0. The maximum absolute atomic E-state index is 10.7. The highest BCUT2D eigenvalue weighted by Crippen LogP contribution is 2.36. The molecule has 8 rings (SSSR count). The number of benzene rings is 7. The first kappa shape index (κ1) is 30.4. The van der Waals surface area contributed by atoms with Crippen molar-refractivity contribution in [3.63, 3.8) is 0 Å². The Morgan fingerprint density at radius 2 is 1.08 bits per heavy atom. The molecular weight excluding hydrogens is 625 g/mol. The molecule has 0 aliphatic heterocycles. The molecule has 0 aliphatic rings. The Hall–Kier alpha value is -6.97. The molecule has 0 saturated carbocycles. The Kier molecular flexibility index (Phi) is 7.63. The summed E-state index contributed by atoms with van der Waals surface area (Å²) >= 11 is 0. The lowest BCUT2D eigenvalue weighted by Crippen LogP contribution is -2.74. The minimum atomic E-state index is -2.94. The van der Waals surface area contributed by atoms with E-state index in [1.165, 1.54) is 15.6 Å². The first-order valence-electron chi connectivity index (χ1n) is 16.3. The average molecular weight is 653 g/mol. The summed E-state index contributed by atoms with van der Waals surface area (Å²) < 4.78 is 2.19. The van der Waals surface area contributed by atoms with E-state index in [0.717, 1.165) is 38.2 Å². The lowest BCUT2D eigenvalue weighted by Gasteiger charge is -2.35. The lowest BCUT2D eigenvalue weighted by atomic mass is 9.98. The number of para-hydroxylation sites is 1. The van der Waals surface area contributed by atoms with Crippen molar-refractivity contribution in [3.05, 3.63) is 192 Å². The highest BCUT2D eigenvalue weighted by atomic mass is 28.3. The summed E-state index contributed by atoms with van der Waals surface area (Å²) in [4.78, 5) is 4.07. The van der Waals surface area contributed by atoms with Gasteiger partial charge in [0.2, 0.25) is 0 Å². The largest absolute Gasteiger partial charge is 0.309 e. The molecule has 0 fully saturated rings. The molecule has 50 heavy (non-hydrogen) atoms. The maximum Gasteiger partial charge on any atom is 0.196 e. The summed E-state index contributed by atoms with van der Waals surface area (Å²) in [5, 5.41) is 26.9. The summed E-state index contributed by atoms with van der Waals surface area (Å²) in [7, 11) is -2.94. The van der Waals surface area contributed by atoms with Crippen LogP contribution in [0.2, 0.25) is 0 Å². The quantitative estimate of drug-likeness (QED) is 0.104. The molecule has 7 aromatic carbocycles. The van der Waals surface area contributed by atoms with Crippen LogP contribution in [-0.4, -0.2) is 12.6 Å². The van der Waals surface area contributed by atoms with Gasteiger partial charge in [0.25, 0.3) is 0 Å². The third-order valence-electron chi connectivity index (χ3n) is 9.63. The maximum atomic E-state index is 10.7. The molecule has 5 heteroatoms. The number of rotatable bonds is 6. The molecule has 4 nitrogen and oxygen atoms in total. The van der Waals surface area contributed by atoms with Crippen LogP contribution in [0.3, 0.4) is 0 Å². The Bertz CT molecular complexity index is 2530. The first-order chi connectivity index (χ1) is 24.7. The second kappa shape index (κ2) is 12.6. The fraction of sp³-hybridized carbons (Fsp3) is 0. The predicted molar refractivity (Wildman–Crippen MR) is 206 cm³/mol. The van der Waals surface area contributed by atoms with Crippen molar-refractivity contribution in [1.82, 2.24) is 4.57 Å². The smallest absolute Gasteiger partial charge is 0.196 e. The van der Waals surface area contributed by atoms with E-state index < -0.39 is 8.07 Å². The minimum Gasteiger partial charge on any atom is -0.309 e. The van der Waals surface area contributed by atoms with Gasteiger partial charge >= 0.3 is 0 Å². The molecule has 0 atom stereocenters. The van der Waals surface area contributed by atoms with Crippen LogP contribution in [0.15, 0.2) is 170 Å². The van der Waals surface area contributed by atoms with Gasteiger partial charge in [0, 0.05) is 27.6 Å². The lowest BCUT2D eigenvalue weighted by molar-refractivity contribution is 1.18. The van der Waals surface area contributed by atoms with Gasteiger partial charge < -0.3 is 4.57 Å². The van der Waals surface area contributed by atoms with Crippen LogP contribution in [0, 0.1) is 29.2 Å². The summed E-state index contributed by atoms with van der Waals surface area (Å²) in [6, 6.07) is 62.4. The van der Waals surface area contributed by atoms with Gasteiger partial charge in [-0.25, -0.2) is 4.85 Å². The Balaban J connectivity index is 1.33. The Morgan fingerprint density at radius 1 is 0.520 bits per heavy atom. The normalized spacial score (nSPS) is 11.1. The fourth-order valence-electron chi connectivity index (χ4n) is 7.49. The van der Waals surface area contributed by atoms with Crippen LogP contribution in [0.5, 0.6) is 0 Å². The summed E-state index contributed by atoms with van der Waals surface area (Å²) in [5.41, 5.74) is 5.98. The highest BCUT2D eigenvalue weighted by molar-refractivity contribution is 7.20. The van der Waals surface area contributed by atoms with Gasteiger partial charge in [0.1, 0.15) is 0 Å². The van der Waals surface area contributed by atoms with Crippen molar-refractivity contribution < 1.29 is 0 Å². The molecule has 0 unspecified atom stereocenters. The second-order valence-electron chi connectivity index (χ2n) is 12.2. The van der Waals surface area contributed by atoms with Crippen LogP contribution in [-0.2, 0) is 0 Å². The molecule has 1 heterocycles. The average Bonchev–Trinajstić information content (AvgIpc) is 3.52. The van der Waals surface area contributed by atoms with Gasteiger partial charge in [-0.05, 0) is 63.6 Å². The molecule has 1 aromatic heterocycles. The molecular formula is C45H28N4Si. The molecule has 0 spiro atoms. The zero-order chi connectivity index (χ0) is 34.1. The van der Waals surface area contributed by atoms with E-state index in [1.54, 1.807) is 0 Å². The van der Waals surface area contributed by atoms with E-state index in [-0.39, 0.29) is 0 Å². The van der Waals surface area contributed by atoms with E-state index in [0.29, 0.717) is 22.4 Å². The van der Waals surface area contributed by atoms with Gasteiger partial charge in [-0.1, -0.05) is 133 Å². The molecule has 0 aliphatic carbocycles. The van der Waals surface area contributed by atoms with E-state index in [9.17, 15) is 10.5 Å². The zero-order valence-electron chi connectivity index (χ0n) is 27.0. The van der Waals surface area contributed by atoms with Crippen LogP contribution in [0.1, 0.15) is 11.1 Å². The molecule has 0 N–H and O–H groups in total. The minimum absolute atomic E-state index is 0.451. The number of hydrogen-bond acceptors (Lipinski definition) is 2. The van der Waals surface area contributed by atoms with Crippen molar-refractivity contribution in [1.29, 1.82) is 10.5 Å². The predicted octanol–water partition coefficient (Wildman–Crippen LogP) is 8.12. The van der Waals surface area contributed by atoms with Crippen molar-refractivity contribution >= 4 is 56.3 Å². The number of fused-ring (bicyclic) bond motifs is 3. The van der Waals surface area contributed by atoms with E-state index >= 15 is 0 Å². The van der Waals surface area contributed by atoms with Crippen molar-refractivity contribution in [2.75, 3.05) is 0 Å². The van der Waals surface area contributed by atoms with Gasteiger partial charge in [-0.2, -0.15) is 10.5 Å². The van der Waals surface area contributed by atoms with Crippen molar-refractivity contribution in [2.45, 2.75) is 0 Å².